The third kappa shape index (κ3) is 4.36. The van der Waals surface area contributed by atoms with Crippen LogP contribution in [0, 0.1) is 5.82 Å². The highest BCUT2D eigenvalue weighted by Crippen LogP contribution is 2.33. The maximum Gasteiger partial charge on any atom is 0.376 e. The molecule has 0 heterocycles. The van der Waals surface area contributed by atoms with Crippen molar-refractivity contribution in [3.8, 4) is 0 Å². The van der Waals surface area contributed by atoms with E-state index in [1.54, 1.807) is 20.8 Å². The Bertz CT molecular complexity index is 502. The average molecular weight is 323 g/mol. The summed E-state index contributed by atoms with van der Waals surface area (Å²) in [6, 6.07) is 1.90. The van der Waals surface area contributed by atoms with Crippen LogP contribution in [0.25, 0.3) is 0 Å². The summed E-state index contributed by atoms with van der Waals surface area (Å²) < 4.78 is 53.8. The van der Waals surface area contributed by atoms with Crippen molar-refractivity contribution >= 4 is 17.3 Å². The molecule has 0 aliphatic rings. The van der Waals surface area contributed by atoms with Crippen molar-refractivity contribution in [2.45, 2.75) is 37.5 Å². The lowest BCUT2D eigenvalue weighted by atomic mass is 10.0. The molecule has 0 fully saturated rings. The van der Waals surface area contributed by atoms with Gasteiger partial charge in [-0.2, -0.15) is 8.78 Å². The first-order valence-electron chi connectivity index (χ1n) is 6.01. The highest BCUT2D eigenvalue weighted by Gasteiger charge is 2.51. The number of aliphatic carboxylic acids is 1. The second kappa shape index (κ2) is 6.25. The number of benzene rings is 1. The van der Waals surface area contributed by atoms with Crippen LogP contribution in [0.5, 0.6) is 0 Å². The molecule has 0 saturated carbocycles. The Kier molecular flexibility index (Phi) is 5.30. The van der Waals surface area contributed by atoms with Crippen LogP contribution in [0.2, 0.25) is 0 Å². The molecule has 0 bridgehead atoms. The molecule has 0 radical (unpaired) electrons. The maximum atomic E-state index is 13.9. The highest BCUT2D eigenvalue weighted by molar-refractivity contribution is 7.90. The van der Waals surface area contributed by atoms with Crippen LogP contribution in [0.15, 0.2) is 24.3 Å². The van der Waals surface area contributed by atoms with Gasteiger partial charge in [0.2, 0.25) is 0 Å². The predicted molar refractivity (Wildman–Crippen MR) is 72.8 cm³/mol. The van der Waals surface area contributed by atoms with Gasteiger partial charge >= 0.3 is 11.9 Å². The molecular weight excluding hydrogens is 307 g/mol. The second-order valence-electron chi connectivity index (χ2n) is 5.41. The Balaban J connectivity index is 3.18. The van der Waals surface area contributed by atoms with Crippen LogP contribution >= 0.6 is 0 Å². The first-order valence-corrected chi connectivity index (χ1v) is 7.16. The van der Waals surface area contributed by atoms with Crippen molar-refractivity contribution in [2.24, 2.45) is 0 Å². The van der Waals surface area contributed by atoms with Gasteiger partial charge in [0.15, 0.2) is 6.04 Å². The van der Waals surface area contributed by atoms with Crippen LogP contribution in [-0.4, -0.2) is 26.3 Å². The first-order chi connectivity index (χ1) is 9.46. The van der Waals surface area contributed by atoms with Crippen molar-refractivity contribution in [3.63, 3.8) is 0 Å². The van der Waals surface area contributed by atoms with E-state index < -0.39 is 39.9 Å². The summed E-state index contributed by atoms with van der Waals surface area (Å²) in [5.74, 6) is -7.19. The molecule has 0 saturated heterocycles. The smallest absolute Gasteiger partial charge is 0.376 e. The third-order valence-electron chi connectivity index (χ3n) is 2.63. The Morgan fingerprint density at radius 2 is 1.76 bits per heavy atom. The molecule has 2 atom stereocenters. The third-order valence-corrected chi connectivity index (χ3v) is 4.19. The normalized spacial score (nSPS) is 15.6. The van der Waals surface area contributed by atoms with E-state index >= 15 is 0 Å². The lowest BCUT2D eigenvalue weighted by Crippen LogP contribution is -2.49. The van der Waals surface area contributed by atoms with E-state index in [9.17, 15) is 22.5 Å². The Labute approximate surface area is 123 Å². The van der Waals surface area contributed by atoms with E-state index in [0.717, 1.165) is 24.3 Å². The lowest BCUT2D eigenvalue weighted by molar-refractivity contribution is -0.168. The van der Waals surface area contributed by atoms with E-state index in [2.05, 4.69) is 4.72 Å². The van der Waals surface area contributed by atoms with Gasteiger partial charge in [0.25, 0.3) is 0 Å². The Morgan fingerprint density at radius 3 is 2.14 bits per heavy atom. The molecule has 0 aliphatic carbocycles. The van der Waals surface area contributed by atoms with Gasteiger partial charge in [-0.1, -0.05) is 12.1 Å². The number of halogens is 3. The zero-order chi connectivity index (χ0) is 16.4. The average Bonchev–Trinajstić information content (AvgIpc) is 2.35. The minimum absolute atomic E-state index is 0.165. The van der Waals surface area contributed by atoms with E-state index in [1.165, 1.54) is 0 Å². The molecular formula is C13H16F3NO3S. The zero-order valence-corrected chi connectivity index (χ0v) is 12.5. The summed E-state index contributed by atoms with van der Waals surface area (Å²) in [5.41, 5.74) is -0.165. The number of carbonyl (C=O) groups is 1. The molecule has 0 aliphatic heterocycles. The monoisotopic (exact) mass is 323 g/mol. The van der Waals surface area contributed by atoms with Gasteiger partial charge in [-0.3, -0.25) is 0 Å². The van der Waals surface area contributed by atoms with E-state index in [-0.39, 0.29) is 5.56 Å². The molecule has 8 heteroatoms. The second-order valence-corrected chi connectivity index (χ2v) is 7.41. The SMILES string of the molecule is CC(C)(C)[S@+]([O-])N[C@@H](c1ccc(F)cc1)C(F)(F)C(=O)O. The molecule has 2 N–H and O–H groups in total. The Morgan fingerprint density at radius 1 is 1.29 bits per heavy atom. The molecule has 0 unspecified atom stereocenters. The summed E-state index contributed by atoms with van der Waals surface area (Å²) in [4.78, 5) is 10.8. The quantitative estimate of drug-likeness (QED) is 0.817. The lowest BCUT2D eigenvalue weighted by Gasteiger charge is -2.30. The molecule has 0 spiro atoms. The van der Waals surface area contributed by atoms with Gasteiger partial charge in [0.05, 0.1) is 0 Å². The highest BCUT2D eigenvalue weighted by atomic mass is 32.2. The van der Waals surface area contributed by atoms with Gasteiger partial charge in [0, 0.05) is 11.4 Å². The topological polar surface area (TPSA) is 72.4 Å². The number of hydrogen-bond acceptors (Lipinski definition) is 3. The Hall–Kier alpha value is -1.25. The molecule has 1 rings (SSSR count). The summed E-state index contributed by atoms with van der Waals surface area (Å²) in [7, 11) is 0. The number of alkyl halides is 2. The van der Waals surface area contributed by atoms with Crippen LogP contribution in [0.3, 0.4) is 0 Å². The van der Waals surface area contributed by atoms with Gasteiger partial charge in [-0.25, -0.2) is 9.18 Å². The fourth-order valence-corrected chi connectivity index (χ4v) is 2.27. The summed E-state index contributed by atoms with van der Waals surface area (Å²) in [6.07, 6.45) is 0. The summed E-state index contributed by atoms with van der Waals surface area (Å²) >= 11 is -1.92. The van der Waals surface area contributed by atoms with Gasteiger partial charge < -0.3 is 9.66 Å². The number of rotatable bonds is 5. The van der Waals surface area contributed by atoms with Crippen LogP contribution in [0.1, 0.15) is 32.4 Å². The molecule has 0 aromatic heterocycles. The van der Waals surface area contributed by atoms with Crippen molar-refractivity contribution in [2.75, 3.05) is 0 Å². The maximum absolute atomic E-state index is 13.9. The molecule has 4 nitrogen and oxygen atoms in total. The van der Waals surface area contributed by atoms with E-state index in [1.807, 2.05) is 0 Å². The number of nitrogens with one attached hydrogen (secondary N) is 1. The zero-order valence-electron chi connectivity index (χ0n) is 11.7. The summed E-state index contributed by atoms with van der Waals surface area (Å²) in [5, 5.41) is 8.68. The van der Waals surface area contributed by atoms with Gasteiger partial charge in [0.1, 0.15) is 10.6 Å². The van der Waals surface area contributed by atoms with Crippen LogP contribution < -0.4 is 4.72 Å². The predicted octanol–water partition coefficient (Wildman–Crippen LogP) is 2.64. The van der Waals surface area contributed by atoms with Crippen molar-refractivity contribution in [3.05, 3.63) is 35.6 Å². The van der Waals surface area contributed by atoms with Crippen molar-refractivity contribution in [1.82, 2.24) is 4.72 Å². The summed E-state index contributed by atoms with van der Waals surface area (Å²) in [6.45, 7) is 4.66. The largest absolute Gasteiger partial charge is 0.598 e. The van der Waals surface area contributed by atoms with Crippen LogP contribution in [-0.2, 0) is 16.2 Å². The standard InChI is InChI=1S/C13H16F3NO3S/c1-12(2,3)21(20)17-10(13(15,16)11(18)19)8-4-6-9(14)7-5-8/h4-7,10,17H,1-3H3,(H,18,19)/t10-,21-/m0/s1. The molecule has 21 heavy (non-hydrogen) atoms. The molecule has 118 valence electrons. The fourth-order valence-electron chi connectivity index (χ4n) is 1.41. The number of carboxylic acids is 1. The van der Waals surface area contributed by atoms with Gasteiger partial charge in [-0.05, 0) is 38.5 Å². The fraction of sp³-hybridized carbons (Fsp3) is 0.462. The molecule has 1 aromatic carbocycles. The van der Waals surface area contributed by atoms with Crippen molar-refractivity contribution in [1.29, 1.82) is 0 Å². The minimum Gasteiger partial charge on any atom is -0.598 e. The van der Waals surface area contributed by atoms with Crippen molar-refractivity contribution < 1.29 is 27.6 Å². The van der Waals surface area contributed by atoms with E-state index in [4.69, 9.17) is 5.11 Å². The number of carboxylic acid groups (broad SMARTS) is 1. The minimum atomic E-state index is -4.20. The number of hydrogen-bond donors (Lipinski definition) is 2. The first kappa shape index (κ1) is 17.8. The van der Waals surface area contributed by atoms with Gasteiger partial charge in [-0.15, -0.1) is 4.72 Å². The molecule has 1 aromatic rings. The van der Waals surface area contributed by atoms with Crippen LogP contribution in [0.4, 0.5) is 13.2 Å². The molecule has 0 amide bonds. The van der Waals surface area contributed by atoms with E-state index in [0.29, 0.717) is 0 Å².